The van der Waals surface area contributed by atoms with E-state index in [9.17, 15) is 0 Å². The summed E-state index contributed by atoms with van der Waals surface area (Å²) in [6, 6.07) is 27.6. The molecule has 3 aromatic rings. The van der Waals surface area contributed by atoms with Gasteiger partial charge < -0.3 is 19.1 Å². The summed E-state index contributed by atoms with van der Waals surface area (Å²) in [4.78, 5) is 1.54. The molecule has 0 radical (unpaired) electrons. The van der Waals surface area contributed by atoms with Gasteiger partial charge in [-0.05, 0) is 42.8 Å². The molecule has 2 heterocycles. The van der Waals surface area contributed by atoms with E-state index in [2.05, 4.69) is 66.7 Å². The van der Waals surface area contributed by atoms with Gasteiger partial charge in [0.1, 0.15) is 36.9 Å². The van der Waals surface area contributed by atoms with Crippen molar-refractivity contribution in [3.05, 3.63) is 101 Å². The van der Waals surface area contributed by atoms with Crippen molar-refractivity contribution in [2.45, 2.75) is 12.8 Å². The minimum Gasteiger partial charge on any atom is -0.494 e. The van der Waals surface area contributed by atoms with Gasteiger partial charge in [-0.15, -0.1) is 0 Å². The van der Waals surface area contributed by atoms with Gasteiger partial charge in [-0.25, -0.2) is 0 Å². The highest BCUT2D eigenvalue weighted by atomic mass is 16.5. The molecular formula is C28H30NO3+. The van der Waals surface area contributed by atoms with Crippen molar-refractivity contribution < 1.29 is 19.1 Å². The van der Waals surface area contributed by atoms with Crippen LogP contribution < -0.4 is 14.4 Å². The second-order valence-electron chi connectivity index (χ2n) is 8.33. The van der Waals surface area contributed by atoms with E-state index in [4.69, 9.17) is 14.2 Å². The first-order valence-corrected chi connectivity index (χ1v) is 11.5. The van der Waals surface area contributed by atoms with Crippen LogP contribution in [0.15, 0.2) is 84.4 Å². The number of quaternary nitrogens is 1. The predicted octanol–water partition coefficient (Wildman–Crippen LogP) is 3.94. The molecule has 1 saturated heterocycles. The largest absolute Gasteiger partial charge is 0.494 e. The van der Waals surface area contributed by atoms with Crippen LogP contribution in [0.5, 0.6) is 11.5 Å². The molecule has 0 amide bonds. The maximum absolute atomic E-state index is 6.62. The third-order valence-corrected chi connectivity index (χ3v) is 6.28. The topological polar surface area (TPSA) is 32.1 Å². The smallest absolute Gasteiger partial charge is 0.140 e. The van der Waals surface area contributed by atoms with Crippen molar-refractivity contribution in [1.29, 1.82) is 0 Å². The highest BCUT2D eigenvalue weighted by Crippen LogP contribution is 2.45. The van der Waals surface area contributed by atoms with Crippen LogP contribution in [0, 0.1) is 0 Å². The van der Waals surface area contributed by atoms with Gasteiger partial charge in [0, 0.05) is 22.6 Å². The molecular weight excluding hydrogens is 398 g/mol. The fourth-order valence-corrected chi connectivity index (χ4v) is 4.73. The number of morpholine rings is 1. The Kier molecular flexibility index (Phi) is 6.24. The second kappa shape index (κ2) is 9.60. The Balaban J connectivity index is 1.64. The van der Waals surface area contributed by atoms with Crippen molar-refractivity contribution in [2.24, 2.45) is 0 Å². The molecule has 0 aliphatic carbocycles. The first-order chi connectivity index (χ1) is 15.8. The van der Waals surface area contributed by atoms with Gasteiger partial charge >= 0.3 is 0 Å². The summed E-state index contributed by atoms with van der Waals surface area (Å²) in [5, 5.41) is 0. The molecule has 3 aromatic carbocycles. The van der Waals surface area contributed by atoms with Gasteiger partial charge in [0.2, 0.25) is 0 Å². The third kappa shape index (κ3) is 4.29. The zero-order valence-corrected chi connectivity index (χ0v) is 18.6. The molecule has 0 unspecified atom stereocenters. The van der Waals surface area contributed by atoms with Crippen molar-refractivity contribution >= 4 is 5.76 Å². The van der Waals surface area contributed by atoms with Crippen molar-refractivity contribution in [2.75, 3.05) is 39.5 Å². The number of hydrogen-bond donors (Lipinski definition) is 1. The minimum absolute atomic E-state index is 0.165. The Bertz CT molecular complexity index is 1070. The Labute approximate surface area is 190 Å². The van der Waals surface area contributed by atoms with Gasteiger partial charge in [-0.2, -0.15) is 0 Å². The average Bonchev–Trinajstić information content (AvgIpc) is 2.85. The summed E-state index contributed by atoms with van der Waals surface area (Å²) in [6.45, 7) is 7.26. The van der Waals surface area contributed by atoms with E-state index in [1.807, 2.05) is 19.1 Å². The van der Waals surface area contributed by atoms with E-state index < -0.39 is 0 Å². The van der Waals surface area contributed by atoms with Gasteiger partial charge in [0.15, 0.2) is 0 Å². The summed E-state index contributed by atoms with van der Waals surface area (Å²) >= 11 is 0. The van der Waals surface area contributed by atoms with Crippen LogP contribution in [0.25, 0.3) is 5.76 Å². The summed E-state index contributed by atoms with van der Waals surface area (Å²) in [5.41, 5.74) is 4.95. The quantitative estimate of drug-likeness (QED) is 0.646. The Hall–Kier alpha value is -3.08. The van der Waals surface area contributed by atoms with E-state index in [1.54, 1.807) is 4.90 Å². The number of rotatable bonds is 6. The molecule has 32 heavy (non-hydrogen) atoms. The van der Waals surface area contributed by atoms with Crippen LogP contribution >= 0.6 is 0 Å². The zero-order valence-electron chi connectivity index (χ0n) is 18.6. The standard InChI is InChI=1S/C28H29NO3/c1-2-31-23-14-12-22(13-15-23)28-25(20-29-16-18-30-19-17-29)27(21-8-4-3-5-9-21)24-10-6-7-11-26(24)32-28/h3-15,27H,2,16-20H2,1H3/p+1/t27-/m1/s1. The van der Waals surface area contributed by atoms with E-state index in [0.717, 1.165) is 55.7 Å². The molecule has 164 valence electrons. The molecule has 4 nitrogen and oxygen atoms in total. The molecule has 5 rings (SSSR count). The normalized spacial score (nSPS) is 18.7. The van der Waals surface area contributed by atoms with E-state index >= 15 is 0 Å². The van der Waals surface area contributed by atoms with E-state index in [-0.39, 0.29) is 5.92 Å². The number of ether oxygens (including phenoxy) is 3. The molecule has 4 heteroatoms. The number of benzene rings is 3. The molecule has 0 saturated carbocycles. The van der Waals surface area contributed by atoms with Gasteiger partial charge in [-0.3, -0.25) is 0 Å². The summed E-state index contributed by atoms with van der Waals surface area (Å²) in [7, 11) is 0. The summed E-state index contributed by atoms with van der Waals surface area (Å²) in [6.07, 6.45) is 0. The van der Waals surface area contributed by atoms with Crippen LogP contribution in [0.3, 0.4) is 0 Å². The van der Waals surface area contributed by atoms with E-state index in [0.29, 0.717) is 6.61 Å². The predicted molar refractivity (Wildman–Crippen MR) is 126 cm³/mol. The highest BCUT2D eigenvalue weighted by molar-refractivity contribution is 5.72. The Morgan fingerprint density at radius 1 is 0.875 bits per heavy atom. The lowest BCUT2D eigenvalue weighted by atomic mass is 9.81. The molecule has 0 spiro atoms. The van der Waals surface area contributed by atoms with Crippen molar-refractivity contribution in [3.8, 4) is 11.5 Å². The second-order valence-corrected chi connectivity index (χ2v) is 8.33. The molecule has 1 atom stereocenters. The molecule has 1 N–H and O–H groups in total. The van der Waals surface area contributed by atoms with Gasteiger partial charge in [-0.1, -0.05) is 48.5 Å². The maximum Gasteiger partial charge on any atom is 0.140 e. The first kappa shape index (κ1) is 20.8. The lowest BCUT2D eigenvalue weighted by Gasteiger charge is -2.34. The first-order valence-electron chi connectivity index (χ1n) is 11.5. The Morgan fingerprint density at radius 2 is 1.59 bits per heavy atom. The average molecular weight is 429 g/mol. The number of para-hydroxylation sites is 1. The zero-order chi connectivity index (χ0) is 21.8. The number of nitrogens with one attached hydrogen (secondary N) is 1. The molecule has 0 bridgehead atoms. The third-order valence-electron chi connectivity index (χ3n) is 6.28. The fourth-order valence-electron chi connectivity index (χ4n) is 4.73. The van der Waals surface area contributed by atoms with Crippen LogP contribution in [-0.4, -0.2) is 39.5 Å². The van der Waals surface area contributed by atoms with Gasteiger partial charge in [0.05, 0.1) is 19.8 Å². The van der Waals surface area contributed by atoms with Crippen LogP contribution in [0.2, 0.25) is 0 Å². The minimum atomic E-state index is 0.165. The highest BCUT2D eigenvalue weighted by Gasteiger charge is 2.34. The molecule has 0 aromatic heterocycles. The lowest BCUT2D eigenvalue weighted by molar-refractivity contribution is -0.903. The van der Waals surface area contributed by atoms with Crippen molar-refractivity contribution in [1.82, 2.24) is 0 Å². The number of hydrogen-bond acceptors (Lipinski definition) is 3. The Morgan fingerprint density at radius 3 is 2.34 bits per heavy atom. The SMILES string of the molecule is CCOc1ccc(C2=C(C[NH+]3CCOCC3)[C@H](c3ccccc3)c3ccccc3O2)cc1. The van der Waals surface area contributed by atoms with Crippen LogP contribution in [-0.2, 0) is 4.74 Å². The van der Waals surface area contributed by atoms with E-state index in [1.165, 1.54) is 16.7 Å². The molecule has 2 aliphatic heterocycles. The molecule has 1 fully saturated rings. The van der Waals surface area contributed by atoms with Crippen LogP contribution in [0.1, 0.15) is 29.5 Å². The van der Waals surface area contributed by atoms with Crippen LogP contribution in [0.4, 0.5) is 0 Å². The number of fused-ring (bicyclic) bond motifs is 1. The fraction of sp³-hybridized carbons (Fsp3) is 0.286. The summed E-state index contributed by atoms with van der Waals surface area (Å²) in [5.74, 6) is 2.96. The molecule has 2 aliphatic rings. The summed E-state index contributed by atoms with van der Waals surface area (Å²) < 4.78 is 17.9. The van der Waals surface area contributed by atoms with Crippen molar-refractivity contribution in [3.63, 3.8) is 0 Å². The monoisotopic (exact) mass is 428 g/mol. The van der Waals surface area contributed by atoms with Gasteiger partial charge in [0.25, 0.3) is 0 Å². The maximum atomic E-state index is 6.62. The lowest BCUT2D eigenvalue weighted by Crippen LogP contribution is -3.14.